The molecule has 2 heterocycles. The van der Waals surface area contributed by atoms with Crippen LogP contribution in [-0.4, -0.2) is 65.2 Å². The lowest BCUT2D eigenvalue weighted by Gasteiger charge is -2.26. The average Bonchev–Trinajstić information content (AvgIpc) is 3.24. The van der Waals surface area contributed by atoms with Crippen LogP contribution in [0.2, 0.25) is 0 Å². The average molecular weight is 450 g/mol. The number of carbonyl (C=O) groups is 1. The molecule has 1 N–H and O–H groups in total. The maximum Gasteiger partial charge on any atom is 0.342 e. The number of benzene rings is 2. The zero-order chi connectivity index (χ0) is 23.2. The highest BCUT2D eigenvalue weighted by Crippen LogP contribution is 2.28. The summed E-state index contributed by atoms with van der Waals surface area (Å²) in [5, 5.41) is 13.9. The second-order valence-electron chi connectivity index (χ2n) is 8.68. The van der Waals surface area contributed by atoms with Gasteiger partial charge in [0.25, 0.3) is 0 Å². The molecule has 1 aliphatic heterocycles. The monoisotopic (exact) mass is 449 g/mol. The van der Waals surface area contributed by atoms with Crippen LogP contribution in [0.5, 0.6) is 5.88 Å². The molecule has 0 saturated carbocycles. The maximum atomic E-state index is 11.7. The van der Waals surface area contributed by atoms with Crippen LogP contribution < -0.4 is 4.74 Å². The van der Waals surface area contributed by atoms with Crippen LogP contribution in [-0.2, 0) is 11.2 Å². The molecule has 0 bridgehead atoms. The van der Waals surface area contributed by atoms with Gasteiger partial charge in [-0.3, -0.25) is 4.90 Å². The predicted molar refractivity (Wildman–Crippen MR) is 127 cm³/mol. The SMILES string of the molecule is CC(C)Cc1ccccc1-c1ccc(-n2ncc(C(=O)O)c2OCCN2CCOCC2)cc1. The molecular weight excluding hydrogens is 418 g/mol. The van der Waals surface area contributed by atoms with Crippen molar-refractivity contribution in [3.05, 3.63) is 65.9 Å². The number of aromatic carboxylic acids is 1. The van der Waals surface area contributed by atoms with Crippen LogP contribution >= 0.6 is 0 Å². The highest BCUT2D eigenvalue weighted by Gasteiger charge is 2.20. The Morgan fingerprint density at radius 3 is 2.55 bits per heavy atom. The Bertz CT molecular complexity index is 1070. The minimum absolute atomic E-state index is 0.0586. The van der Waals surface area contributed by atoms with Gasteiger partial charge >= 0.3 is 5.97 Å². The smallest absolute Gasteiger partial charge is 0.342 e. The molecule has 0 spiro atoms. The van der Waals surface area contributed by atoms with E-state index in [4.69, 9.17) is 9.47 Å². The first-order chi connectivity index (χ1) is 16.0. The zero-order valence-corrected chi connectivity index (χ0v) is 19.2. The molecule has 0 amide bonds. The first-order valence-electron chi connectivity index (χ1n) is 11.5. The van der Waals surface area contributed by atoms with Crippen molar-refractivity contribution in [2.45, 2.75) is 20.3 Å². The first-order valence-corrected chi connectivity index (χ1v) is 11.5. The molecule has 4 rings (SSSR count). The summed E-state index contributed by atoms with van der Waals surface area (Å²) in [6.45, 7) is 8.67. The van der Waals surface area contributed by atoms with Crippen molar-refractivity contribution in [1.82, 2.24) is 14.7 Å². The number of hydrogen-bond acceptors (Lipinski definition) is 5. The van der Waals surface area contributed by atoms with Gasteiger partial charge in [0.1, 0.15) is 12.2 Å². The maximum absolute atomic E-state index is 11.7. The Morgan fingerprint density at radius 1 is 1.12 bits per heavy atom. The van der Waals surface area contributed by atoms with E-state index in [0.29, 0.717) is 32.3 Å². The molecule has 174 valence electrons. The molecule has 33 heavy (non-hydrogen) atoms. The lowest BCUT2D eigenvalue weighted by Crippen LogP contribution is -2.38. The summed E-state index contributed by atoms with van der Waals surface area (Å²) in [6.07, 6.45) is 2.36. The van der Waals surface area contributed by atoms with E-state index in [1.165, 1.54) is 17.3 Å². The highest BCUT2D eigenvalue weighted by molar-refractivity contribution is 5.90. The van der Waals surface area contributed by atoms with Crippen LogP contribution in [0, 0.1) is 5.92 Å². The van der Waals surface area contributed by atoms with Gasteiger partial charge in [-0.15, -0.1) is 0 Å². The van der Waals surface area contributed by atoms with Crippen molar-refractivity contribution in [2.24, 2.45) is 5.92 Å². The fourth-order valence-electron chi connectivity index (χ4n) is 4.10. The number of ether oxygens (including phenoxy) is 2. The van der Waals surface area contributed by atoms with Crippen LogP contribution in [0.15, 0.2) is 54.7 Å². The summed E-state index contributed by atoms with van der Waals surface area (Å²) >= 11 is 0. The number of morpholine rings is 1. The number of aromatic nitrogens is 2. The van der Waals surface area contributed by atoms with E-state index in [-0.39, 0.29) is 11.4 Å². The third-order valence-electron chi connectivity index (χ3n) is 5.77. The van der Waals surface area contributed by atoms with E-state index < -0.39 is 5.97 Å². The molecule has 0 atom stereocenters. The summed E-state index contributed by atoms with van der Waals surface area (Å²) < 4.78 is 12.9. The minimum atomic E-state index is -1.05. The van der Waals surface area contributed by atoms with Gasteiger partial charge in [-0.05, 0) is 41.2 Å². The summed E-state index contributed by atoms with van der Waals surface area (Å²) in [5.74, 6) is -0.230. The van der Waals surface area contributed by atoms with E-state index in [0.717, 1.165) is 30.8 Å². The van der Waals surface area contributed by atoms with Gasteiger partial charge in [0.05, 0.1) is 25.1 Å². The van der Waals surface area contributed by atoms with Crippen LogP contribution in [0.25, 0.3) is 16.8 Å². The van der Waals surface area contributed by atoms with E-state index >= 15 is 0 Å². The van der Waals surface area contributed by atoms with Crippen molar-refractivity contribution >= 4 is 5.97 Å². The molecule has 1 aliphatic rings. The number of carboxylic acids is 1. The number of carboxylic acid groups (broad SMARTS) is 1. The lowest BCUT2D eigenvalue weighted by atomic mass is 9.94. The van der Waals surface area contributed by atoms with E-state index in [9.17, 15) is 9.90 Å². The second kappa shape index (κ2) is 10.6. The molecule has 2 aromatic carbocycles. The van der Waals surface area contributed by atoms with Gasteiger partial charge < -0.3 is 14.6 Å². The second-order valence-corrected chi connectivity index (χ2v) is 8.68. The largest absolute Gasteiger partial charge is 0.477 e. The third kappa shape index (κ3) is 5.61. The lowest BCUT2D eigenvalue weighted by molar-refractivity contribution is 0.0317. The van der Waals surface area contributed by atoms with Crippen LogP contribution in [0.4, 0.5) is 0 Å². The predicted octanol–water partition coefficient (Wildman–Crippen LogP) is 4.15. The van der Waals surface area contributed by atoms with E-state index in [2.05, 4.69) is 48.1 Å². The highest BCUT2D eigenvalue weighted by atomic mass is 16.5. The topological polar surface area (TPSA) is 76.8 Å². The molecule has 7 nitrogen and oxygen atoms in total. The minimum Gasteiger partial charge on any atom is -0.477 e. The quantitative estimate of drug-likeness (QED) is 0.529. The summed E-state index contributed by atoms with van der Waals surface area (Å²) in [5.41, 5.74) is 4.47. The van der Waals surface area contributed by atoms with E-state index in [1.807, 2.05) is 24.3 Å². The Kier molecular flexibility index (Phi) is 7.42. The van der Waals surface area contributed by atoms with Crippen LogP contribution in [0.1, 0.15) is 29.8 Å². The molecule has 1 fully saturated rings. The Labute approximate surface area is 194 Å². The van der Waals surface area contributed by atoms with Gasteiger partial charge in [-0.25, -0.2) is 9.48 Å². The number of rotatable bonds is 9. The fourth-order valence-corrected chi connectivity index (χ4v) is 4.10. The Balaban J connectivity index is 1.55. The van der Waals surface area contributed by atoms with Gasteiger partial charge in [0.2, 0.25) is 5.88 Å². The molecule has 7 heteroatoms. The molecule has 0 unspecified atom stereocenters. The van der Waals surface area contributed by atoms with Crippen molar-refractivity contribution in [2.75, 3.05) is 39.5 Å². The molecule has 0 radical (unpaired) electrons. The van der Waals surface area contributed by atoms with Crippen molar-refractivity contribution in [3.63, 3.8) is 0 Å². The Morgan fingerprint density at radius 2 is 1.85 bits per heavy atom. The van der Waals surface area contributed by atoms with Crippen LogP contribution in [0.3, 0.4) is 0 Å². The summed E-state index contributed by atoms with van der Waals surface area (Å²) in [4.78, 5) is 14.0. The summed E-state index contributed by atoms with van der Waals surface area (Å²) in [6, 6.07) is 16.5. The molecule has 0 aliphatic carbocycles. The Hall–Kier alpha value is -3.16. The summed E-state index contributed by atoms with van der Waals surface area (Å²) in [7, 11) is 0. The van der Waals surface area contributed by atoms with Gasteiger partial charge in [0.15, 0.2) is 0 Å². The molecule has 3 aromatic rings. The van der Waals surface area contributed by atoms with E-state index in [1.54, 1.807) is 4.68 Å². The van der Waals surface area contributed by atoms with Crippen molar-refractivity contribution in [3.8, 4) is 22.7 Å². The first kappa shape index (κ1) is 23.0. The van der Waals surface area contributed by atoms with Crippen molar-refractivity contribution in [1.29, 1.82) is 0 Å². The molecule has 1 saturated heterocycles. The van der Waals surface area contributed by atoms with Crippen molar-refractivity contribution < 1.29 is 19.4 Å². The third-order valence-corrected chi connectivity index (χ3v) is 5.77. The van der Waals surface area contributed by atoms with Gasteiger partial charge in [0, 0.05) is 19.6 Å². The molecule has 1 aromatic heterocycles. The normalized spacial score (nSPS) is 14.5. The zero-order valence-electron chi connectivity index (χ0n) is 19.2. The number of nitrogens with zero attached hydrogens (tertiary/aromatic N) is 3. The molecular formula is C26H31N3O4. The fraction of sp³-hybridized carbons (Fsp3) is 0.385. The number of hydrogen-bond donors (Lipinski definition) is 1. The van der Waals surface area contributed by atoms with Gasteiger partial charge in [-0.2, -0.15) is 5.10 Å². The van der Waals surface area contributed by atoms with Gasteiger partial charge in [-0.1, -0.05) is 50.2 Å². The standard InChI is InChI=1S/C26H31N3O4/c1-19(2)17-21-5-3-4-6-23(21)20-7-9-22(10-8-20)29-25(24(18-27-29)26(30)31)33-16-13-28-11-14-32-15-12-28/h3-10,18-19H,11-17H2,1-2H3,(H,30,31).